The van der Waals surface area contributed by atoms with Crippen LogP contribution in [0.25, 0.3) is 0 Å². The molecule has 0 saturated heterocycles. The molecule has 0 saturated carbocycles. The van der Waals surface area contributed by atoms with Crippen LogP contribution in [0.15, 0.2) is 28.1 Å². The van der Waals surface area contributed by atoms with Crippen LogP contribution < -0.4 is 5.73 Å². The smallest absolute Gasteiger partial charge is 0.248 e. The Morgan fingerprint density at radius 1 is 1.50 bits per heavy atom. The van der Waals surface area contributed by atoms with Gasteiger partial charge in [-0.25, -0.2) is 0 Å². The van der Waals surface area contributed by atoms with E-state index in [2.05, 4.69) is 4.99 Å². The molecule has 14 heavy (non-hydrogen) atoms. The van der Waals surface area contributed by atoms with Gasteiger partial charge >= 0.3 is 0 Å². The summed E-state index contributed by atoms with van der Waals surface area (Å²) >= 11 is 1.75. The number of nitrogens with two attached hydrogens (primary N) is 1. The summed E-state index contributed by atoms with van der Waals surface area (Å²) in [5, 5.41) is 0. The number of primary amides is 1. The number of amides is 1. The van der Waals surface area contributed by atoms with Gasteiger partial charge in [0.05, 0.1) is 5.69 Å². The minimum atomic E-state index is -0.405. The van der Waals surface area contributed by atoms with E-state index in [9.17, 15) is 4.79 Å². The van der Waals surface area contributed by atoms with E-state index in [1.54, 1.807) is 23.9 Å². The second-order valence-electron chi connectivity index (χ2n) is 3.00. The highest BCUT2D eigenvalue weighted by atomic mass is 32.2. The van der Waals surface area contributed by atoms with Gasteiger partial charge in [0.15, 0.2) is 0 Å². The minimum Gasteiger partial charge on any atom is -0.366 e. The van der Waals surface area contributed by atoms with Crippen molar-refractivity contribution in [1.29, 1.82) is 0 Å². The molecule has 2 rings (SSSR count). The molecular formula is C10H10N2OS. The molecule has 1 heterocycles. The first-order chi connectivity index (χ1) is 6.77. The van der Waals surface area contributed by atoms with Crippen LogP contribution in [0.1, 0.15) is 16.8 Å². The molecule has 1 aromatic carbocycles. The molecule has 0 unspecified atom stereocenters. The molecule has 0 aromatic heterocycles. The third kappa shape index (κ3) is 1.80. The van der Waals surface area contributed by atoms with Crippen LogP contribution in [0.3, 0.4) is 0 Å². The van der Waals surface area contributed by atoms with E-state index in [0.717, 1.165) is 22.8 Å². The predicted molar refractivity (Wildman–Crippen MR) is 58.5 cm³/mol. The Balaban J connectivity index is 2.45. The van der Waals surface area contributed by atoms with Crippen LogP contribution in [0.5, 0.6) is 0 Å². The number of fused-ring (bicyclic) bond motifs is 1. The van der Waals surface area contributed by atoms with Crippen molar-refractivity contribution in [1.82, 2.24) is 0 Å². The first-order valence-electron chi connectivity index (χ1n) is 4.36. The lowest BCUT2D eigenvalue weighted by Gasteiger charge is -2.03. The van der Waals surface area contributed by atoms with Crippen LogP contribution in [0, 0.1) is 0 Å². The van der Waals surface area contributed by atoms with E-state index in [1.165, 1.54) is 0 Å². The molecule has 1 amide bonds. The second-order valence-corrected chi connectivity index (χ2v) is 4.13. The van der Waals surface area contributed by atoms with E-state index in [0.29, 0.717) is 5.56 Å². The first-order valence-corrected chi connectivity index (χ1v) is 5.35. The molecule has 0 fully saturated rings. The normalized spacial score (nSPS) is 14.6. The lowest BCUT2D eigenvalue weighted by atomic mass is 10.2. The molecule has 72 valence electrons. The Morgan fingerprint density at radius 3 is 3.14 bits per heavy atom. The van der Waals surface area contributed by atoms with E-state index >= 15 is 0 Å². The summed E-state index contributed by atoms with van der Waals surface area (Å²) in [6.45, 7) is 0. The van der Waals surface area contributed by atoms with Gasteiger partial charge in [0, 0.05) is 22.4 Å². The van der Waals surface area contributed by atoms with Crippen LogP contribution >= 0.6 is 11.8 Å². The maximum Gasteiger partial charge on any atom is 0.248 e. The van der Waals surface area contributed by atoms with Gasteiger partial charge in [-0.15, -0.1) is 11.8 Å². The monoisotopic (exact) mass is 206 g/mol. The average Bonchev–Trinajstić information content (AvgIpc) is 2.41. The van der Waals surface area contributed by atoms with Crippen molar-refractivity contribution >= 4 is 29.6 Å². The molecule has 3 nitrogen and oxygen atoms in total. The molecule has 1 aliphatic rings. The van der Waals surface area contributed by atoms with E-state index in [-0.39, 0.29) is 0 Å². The van der Waals surface area contributed by atoms with Gasteiger partial charge < -0.3 is 5.73 Å². The van der Waals surface area contributed by atoms with E-state index in [1.807, 2.05) is 12.3 Å². The van der Waals surface area contributed by atoms with Crippen molar-refractivity contribution in [3.63, 3.8) is 0 Å². The summed E-state index contributed by atoms with van der Waals surface area (Å²) in [6, 6.07) is 5.39. The fourth-order valence-corrected chi connectivity index (χ4v) is 2.15. The lowest BCUT2D eigenvalue weighted by molar-refractivity contribution is 0.100. The Kier molecular flexibility index (Phi) is 2.54. The van der Waals surface area contributed by atoms with Crippen molar-refractivity contribution < 1.29 is 4.79 Å². The summed E-state index contributed by atoms with van der Waals surface area (Å²) < 4.78 is 0. The van der Waals surface area contributed by atoms with E-state index < -0.39 is 5.91 Å². The highest BCUT2D eigenvalue weighted by Gasteiger charge is 2.08. The Morgan fingerprint density at radius 2 is 2.36 bits per heavy atom. The molecule has 4 heteroatoms. The minimum absolute atomic E-state index is 0.405. The van der Waals surface area contributed by atoms with Crippen molar-refractivity contribution in [2.75, 3.05) is 5.75 Å². The summed E-state index contributed by atoms with van der Waals surface area (Å²) in [4.78, 5) is 16.3. The number of thioether (sulfide) groups is 1. The average molecular weight is 206 g/mol. The molecule has 0 spiro atoms. The molecule has 0 atom stereocenters. The molecule has 0 radical (unpaired) electrons. The zero-order valence-corrected chi connectivity index (χ0v) is 8.38. The van der Waals surface area contributed by atoms with Crippen LogP contribution in [-0.2, 0) is 0 Å². The SMILES string of the molecule is NC(=O)c1ccc2c(c1)N=CCCS2. The van der Waals surface area contributed by atoms with Crippen LogP contribution in [-0.4, -0.2) is 17.9 Å². The van der Waals surface area contributed by atoms with Gasteiger partial charge in [0.1, 0.15) is 0 Å². The molecule has 1 aromatic rings. The highest BCUT2D eigenvalue weighted by Crippen LogP contribution is 2.32. The number of carbonyl (C=O) groups is 1. The summed E-state index contributed by atoms with van der Waals surface area (Å²) in [6.07, 6.45) is 2.84. The van der Waals surface area contributed by atoms with Crippen LogP contribution in [0.2, 0.25) is 0 Å². The fraction of sp³-hybridized carbons (Fsp3) is 0.200. The van der Waals surface area contributed by atoms with Crippen molar-refractivity contribution in [3.05, 3.63) is 23.8 Å². The summed E-state index contributed by atoms with van der Waals surface area (Å²) in [5.74, 6) is 0.629. The zero-order chi connectivity index (χ0) is 9.97. The van der Waals surface area contributed by atoms with Crippen LogP contribution in [0.4, 0.5) is 5.69 Å². The molecule has 2 N–H and O–H groups in total. The number of aliphatic imine (C=N–C) groups is 1. The Bertz CT molecular complexity index is 401. The van der Waals surface area contributed by atoms with Gasteiger partial charge in [-0.05, 0) is 24.6 Å². The quantitative estimate of drug-likeness (QED) is 0.763. The Labute approximate surface area is 86.4 Å². The predicted octanol–water partition coefficient (Wildman–Crippen LogP) is 1.98. The number of hydrogen-bond acceptors (Lipinski definition) is 3. The third-order valence-electron chi connectivity index (χ3n) is 1.98. The van der Waals surface area contributed by atoms with Gasteiger partial charge in [0.25, 0.3) is 0 Å². The zero-order valence-electron chi connectivity index (χ0n) is 7.56. The summed E-state index contributed by atoms with van der Waals surface area (Å²) in [7, 11) is 0. The summed E-state index contributed by atoms with van der Waals surface area (Å²) in [5.41, 5.74) is 6.56. The van der Waals surface area contributed by atoms with Gasteiger partial charge in [-0.3, -0.25) is 9.79 Å². The van der Waals surface area contributed by atoms with Crippen molar-refractivity contribution in [2.24, 2.45) is 10.7 Å². The molecule has 0 aliphatic carbocycles. The maximum absolute atomic E-state index is 10.9. The Hall–Kier alpha value is -1.29. The number of hydrogen-bond donors (Lipinski definition) is 1. The number of benzene rings is 1. The first kappa shape index (κ1) is 9.27. The topological polar surface area (TPSA) is 55.5 Å². The number of nitrogens with zero attached hydrogens (tertiary/aromatic N) is 1. The standard InChI is InChI=1S/C10H10N2OS/c11-10(13)7-2-3-9-8(6-7)12-4-1-5-14-9/h2-4,6H,1,5H2,(H2,11,13). The van der Waals surface area contributed by atoms with Crippen molar-refractivity contribution in [3.8, 4) is 0 Å². The lowest BCUT2D eigenvalue weighted by Crippen LogP contribution is -2.10. The van der Waals surface area contributed by atoms with Gasteiger partial charge in [-0.2, -0.15) is 0 Å². The maximum atomic E-state index is 10.9. The molecule has 0 bridgehead atoms. The number of rotatable bonds is 1. The van der Waals surface area contributed by atoms with Crippen molar-refractivity contribution in [2.45, 2.75) is 11.3 Å². The van der Waals surface area contributed by atoms with Gasteiger partial charge in [0.2, 0.25) is 5.91 Å². The highest BCUT2D eigenvalue weighted by molar-refractivity contribution is 7.99. The fourth-order valence-electron chi connectivity index (χ4n) is 1.28. The molecular weight excluding hydrogens is 196 g/mol. The third-order valence-corrected chi connectivity index (χ3v) is 3.07. The largest absolute Gasteiger partial charge is 0.366 e. The van der Waals surface area contributed by atoms with E-state index in [4.69, 9.17) is 5.73 Å². The number of carbonyl (C=O) groups excluding carboxylic acids is 1. The molecule has 1 aliphatic heterocycles. The second kappa shape index (κ2) is 3.84. The van der Waals surface area contributed by atoms with Gasteiger partial charge in [-0.1, -0.05) is 0 Å².